The Kier molecular flexibility index (Phi) is 3.50. The number of anilines is 1. The molecular formula is C13H17N3O. The van der Waals surface area contributed by atoms with Crippen molar-refractivity contribution in [1.29, 1.82) is 5.26 Å². The molecule has 0 radical (unpaired) electrons. The van der Waals surface area contributed by atoms with Gasteiger partial charge in [0.1, 0.15) is 17.9 Å². The summed E-state index contributed by atoms with van der Waals surface area (Å²) in [7, 11) is 2.11. The Labute approximate surface area is 102 Å². The van der Waals surface area contributed by atoms with E-state index >= 15 is 0 Å². The lowest BCUT2D eigenvalue weighted by atomic mass is 10.1. The van der Waals surface area contributed by atoms with E-state index in [0.717, 1.165) is 25.9 Å². The minimum atomic E-state index is 0.210. The summed E-state index contributed by atoms with van der Waals surface area (Å²) >= 11 is 0. The molecule has 0 atom stereocenters. The van der Waals surface area contributed by atoms with E-state index < -0.39 is 0 Å². The van der Waals surface area contributed by atoms with Crippen molar-refractivity contribution in [2.45, 2.75) is 18.9 Å². The molecule has 0 unspecified atom stereocenters. The summed E-state index contributed by atoms with van der Waals surface area (Å²) in [5, 5.41) is 9.02. The van der Waals surface area contributed by atoms with Crippen molar-refractivity contribution in [3.8, 4) is 11.8 Å². The van der Waals surface area contributed by atoms with Crippen LogP contribution in [0.3, 0.4) is 0 Å². The fraction of sp³-hybridized carbons (Fsp3) is 0.462. The maximum atomic E-state index is 9.02. The second-order valence-electron chi connectivity index (χ2n) is 4.49. The van der Waals surface area contributed by atoms with E-state index in [1.807, 2.05) is 0 Å². The monoisotopic (exact) mass is 231 g/mol. The number of benzene rings is 1. The fourth-order valence-corrected chi connectivity index (χ4v) is 2.02. The Morgan fingerprint density at radius 1 is 1.41 bits per heavy atom. The molecule has 1 heterocycles. The summed E-state index contributed by atoms with van der Waals surface area (Å²) in [6.45, 7) is 2.09. The summed E-state index contributed by atoms with van der Waals surface area (Å²) in [6, 6.07) is 7.33. The van der Waals surface area contributed by atoms with Gasteiger partial charge in [0.15, 0.2) is 0 Å². The number of nitriles is 1. The van der Waals surface area contributed by atoms with E-state index in [2.05, 4.69) is 18.0 Å². The van der Waals surface area contributed by atoms with Gasteiger partial charge in [-0.05, 0) is 38.1 Å². The number of nitrogens with zero attached hydrogens (tertiary/aromatic N) is 2. The number of piperidine rings is 1. The van der Waals surface area contributed by atoms with Gasteiger partial charge in [-0.25, -0.2) is 0 Å². The van der Waals surface area contributed by atoms with Crippen LogP contribution in [0.25, 0.3) is 0 Å². The zero-order valence-electron chi connectivity index (χ0n) is 10.0. The van der Waals surface area contributed by atoms with Gasteiger partial charge in [0, 0.05) is 18.8 Å². The maximum Gasteiger partial charge on any atom is 0.137 e. The molecule has 1 aromatic rings. The Morgan fingerprint density at radius 3 is 2.76 bits per heavy atom. The van der Waals surface area contributed by atoms with Gasteiger partial charge in [0.25, 0.3) is 0 Å². The molecule has 1 aliphatic heterocycles. The van der Waals surface area contributed by atoms with Crippen LogP contribution in [-0.4, -0.2) is 31.1 Å². The highest BCUT2D eigenvalue weighted by Crippen LogP contribution is 2.24. The van der Waals surface area contributed by atoms with Crippen molar-refractivity contribution in [2.75, 3.05) is 25.9 Å². The Bertz CT molecular complexity index is 431. The molecule has 1 saturated heterocycles. The predicted molar refractivity (Wildman–Crippen MR) is 66.7 cm³/mol. The third-order valence-electron chi connectivity index (χ3n) is 3.08. The molecule has 0 spiro atoms. The number of likely N-dealkylation sites (tertiary alicyclic amines) is 1. The molecule has 0 amide bonds. The van der Waals surface area contributed by atoms with E-state index in [0.29, 0.717) is 17.0 Å². The highest BCUT2D eigenvalue weighted by Gasteiger charge is 2.19. The zero-order chi connectivity index (χ0) is 12.3. The SMILES string of the molecule is CN1CCC(Oc2ccc(N)cc2C#N)CC1. The first-order valence-corrected chi connectivity index (χ1v) is 5.84. The Balaban J connectivity index is 2.06. The van der Waals surface area contributed by atoms with Crippen LogP contribution >= 0.6 is 0 Å². The van der Waals surface area contributed by atoms with E-state index in [9.17, 15) is 0 Å². The van der Waals surface area contributed by atoms with Crippen LogP contribution in [0.15, 0.2) is 18.2 Å². The molecule has 17 heavy (non-hydrogen) atoms. The molecule has 0 bridgehead atoms. The summed E-state index contributed by atoms with van der Waals surface area (Å²) in [5.41, 5.74) is 6.75. The average molecular weight is 231 g/mol. The van der Waals surface area contributed by atoms with Crippen molar-refractivity contribution < 1.29 is 4.74 Å². The number of rotatable bonds is 2. The van der Waals surface area contributed by atoms with Crippen molar-refractivity contribution in [3.63, 3.8) is 0 Å². The summed E-state index contributed by atoms with van der Waals surface area (Å²) in [4.78, 5) is 2.29. The first-order valence-electron chi connectivity index (χ1n) is 5.84. The van der Waals surface area contributed by atoms with Crippen molar-refractivity contribution in [3.05, 3.63) is 23.8 Å². The second-order valence-corrected chi connectivity index (χ2v) is 4.49. The quantitative estimate of drug-likeness (QED) is 0.785. The smallest absolute Gasteiger partial charge is 0.137 e. The number of hydrogen-bond donors (Lipinski definition) is 1. The number of nitrogens with two attached hydrogens (primary N) is 1. The molecule has 1 fully saturated rings. The largest absolute Gasteiger partial charge is 0.489 e. The zero-order valence-corrected chi connectivity index (χ0v) is 10.0. The summed E-state index contributed by atoms with van der Waals surface area (Å²) in [6.07, 6.45) is 2.22. The number of hydrogen-bond acceptors (Lipinski definition) is 4. The van der Waals surface area contributed by atoms with Gasteiger partial charge >= 0.3 is 0 Å². The lowest BCUT2D eigenvalue weighted by molar-refractivity contribution is 0.114. The molecule has 0 saturated carbocycles. The van der Waals surface area contributed by atoms with E-state index in [4.69, 9.17) is 15.7 Å². The first-order chi connectivity index (χ1) is 8.19. The molecule has 0 aromatic heterocycles. The standard InChI is InChI=1S/C13H17N3O/c1-16-6-4-12(5-7-16)17-13-3-2-11(15)8-10(13)9-14/h2-3,8,12H,4-7,15H2,1H3. The lowest BCUT2D eigenvalue weighted by Crippen LogP contribution is -2.35. The first kappa shape index (κ1) is 11.7. The van der Waals surface area contributed by atoms with Crippen LogP contribution in [0.4, 0.5) is 5.69 Å². The van der Waals surface area contributed by atoms with E-state index in [1.54, 1.807) is 18.2 Å². The van der Waals surface area contributed by atoms with Gasteiger partial charge in [0.05, 0.1) is 5.56 Å². The van der Waals surface area contributed by atoms with E-state index in [1.165, 1.54) is 0 Å². The van der Waals surface area contributed by atoms with Gasteiger partial charge in [-0.15, -0.1) is 0 Å². The van der Waals surface area contributed by atoms with Crippen molar-refractivity contribution >= 4 is 5.69 Å². The van der Waals surface area contributed by atoms with Gasteiger partial charge < -0.3 is 15.4 Å². The minimum absolute atomic E-state index is 0.210. The summed E-state index contributed by atoms with van der Waals surface area (Å²) < 4.78 is 5.88. The van der Waals surface area contributed by atoms with Crippen LogP contribution in [0, 0.1) is 11.3 Å². The predicted octanol–water partition coefficient (Wildman–Crippen LogP) is 1.61. The van der Waals surface area contributed by atoms with Crippen LogP contribution in [0.5, 0.6) is 5.75 Å². The van der Waals surface area contributed by atoms with Gasteiger partial charge in [0.2, 0.25) is 0 Å². The number of nitrogen functional groups attached to an aromatic ring is 1. The maximum absolute atomic E-state index is 9.02. The van der Waals surface area contributed by atoms with Crippen molar-refractivity contribution in [1.82, 2.24) is 4.90 Å². The Hall–Kier alpha value is -1.73. The molecule has 4 heteroatoms. The summed E-state index contributed by atoms with van der Waals surface area (Å²) in [5.74, 6) is 0.649. The topological polar surface area (TPSA) is 62.3 Å². The van der Waals surface area contributed by atoms with Crippen LogP contribution < -0.4 is 10.5 Å². The second kappa shape index (κ2) is 5.07. The molecule has 4 nitrogen and oxygen atoms in total. The highest BCUT2D eigenvalue weighted by atomic mass is 16.5. The molecule has 90 valence electrons. The molecule has 0 aliphatic carbocycles. The third-order valence-corrected chi connectivity index (χ3v) is 3.08. The minimum Gasteiger partial charge on any atom is -0.489 e. The molecular weight excluding hydrogens is 214 g/mol. The normalized spacial score (nSPS) is 17.6. The molecule has 2 N–H and O–H groups in total. The van der Waals surface area contributed by atoms with Crippen molar-refractivity contribution in [2.24, 2.45) is 0 Å². The lowest BCUT2D eigenvalue weighted by Gasteiger charge is -2.29. The highest BCUT2D eigenvalue weighted by molar-refractivity contribution is 5.53. The van der Waals surface area contributed by atoms with Crippen LogP contribution in [-0.2, 0) is 0 Å². The van der Waals surface area contributed by atoms with Crippen LogP contribution in [0.1, 0.15) is 18.4 Å². The third kappa shape index (κ3) is 2.89. The molecule has 1 aliphatic rings. The average Bonchev–Trinajstić information content (AvgIpc) is 2.34. The number of ether oxygens (including phenoxy) is 1. The van der Waals surface area contributed by atoms with E-state index in [-0.39, 0.29) is 6.10 Å². The van der Waals surface area contributed by atoms with Gasteiger partial charge in [-0.1, -0.05) is 0 Å². The van der Waals surface area contributed by atoms with Gasteiger partial charge in [-0.2, -0.15) is 5.26 Å². The Morgan fingerprint density at radius 2 is 2.12 bits per heavy atom. The van der Waals surface area contributed by atoms with Crippen LogP contribution in [0.2, 0.25) is 0 Å². The molecule has 2 rings (SSSR count). The van der Waals surface area contributed by atoms with Gasteiger partial charge in [-0.3, -0.25) is 0 Å². The fourth-order valence-electron chi connectivity index (χ4n) is 2.02. The molecule has 1 aromatic carbocycles.